The molecule has 1 aliphatic rings. The quantitative estimate of drug-likeness (QED) is 0.920. The van der Waals surface area contributed by atoms with Crippen molar-refractivity contribution in [2.24, 2.45) is 0 Å². The number of aromatic nitrogens is 2. The number of likely N-dealkylation sites (tertiary alicyclic amines) is 1. The number of benzene rings is 1. The summed E-state index contributed by atoms with van der Waals surface area (Å²) in [5, 5.41) is -0.379. The highest BCUT2D eigenvalue weighted by molar-refractivity contribution is 6.32. The van der Waals surface area contributed by atoms with Crippen LogP contribution in [0.3, 0.4) is 0 Å². The molecule has 1 aliphatic heterocycles. The van der Waals surface area contributed by atoms with Gasteiger partial charge in [0.15, 0.2) is 0 Å². The van der Waals surface area contributed by atoms with E-state index in [0.29, 0.717) is 24.2 Å². The molecule has 1 aromatic carbocycles. The van der Waals surface area contributed by atoms with Gasteiger partial charge in [-0.15, -0.1) is 0 Å². The van der Waals surface area contributed by atoms with Crippen LogP contribution in [-0.4, -0.2) is 33.9 Å². The lowest BCUT2D eigenvalue weighted by Gasteiger charge is -2.14. The lowest BCUT2D eigenvalue weighted by Crippen LogP contribution is -2.27. The van der Waals surface area contributed by atoms with Crippen LogP contribution in [0.25, 0.3) is 11.0 Å². The molecule has 1 saturated heterocycles. The molecule has 0 bridgehead atoms. The molecule has 0 radical (unpaired) electrons. The van der Waals surface area contributed by atoms with Crippen LogP contribution < -0.4 is 0 Å². The first-order valence-corrected chi connectivity index (χ1v) is 7.75. The monoisotopic (exact) mass is 345 g/mol. The average Bonchev–Trinajstić information content (AvgIpc) is 3.11. The fraction of sp³-hybridized carbons (Fsp3) is 0.467. The molecule has 1 amide bonds. The van der Waals surface area contributed by atoms with Crippen molar-refractivity contribution in [1.29, 1.82) is 0 Å². The Labute approximate surface area is 135 Å². The molecular formula is C15H15ClF3N3O. The number of alkyl halides is 3. The number of nitrogens with one attached hydrogen (secondary N) is 1. The molecule has 0 spiro atoms. The van der Waals surface area contributed by atoms with E-state index in [-0.39, 0.29) is 16.4 Å². The number of aryl methyl sites for hydroxylation is 1. The van der Waals surface area contributed by atoms with E-state index in [2.05, 4.69) is 9.97 Å². The molecule has 2 heterocycles. The summed E-state index contributed by atoms with van der Waals surface area (Å²) < 4.78 is 38.5. The third-order valence-corrected chi connectivity index (χ3v) is 4.27. The first-order valence-electron chi connectivity index (χ1n) is 7.38. The van der Waals surface area contributed by atoms with Crippen molar-refractivity contribution in [3.05, 3.63) is 28.5 Å². The Morgan fingerprint density at radius 3 is 2.65 bits per heavy atom. The number of H-pyrrole nitrogens is 1. The van der Waals surface area contributed by atoms with Crippen molar-refractivity contribution in [1.82, 2.24) is 14.9 Å². The van der Waals surface area contributed by atoms with Crippen LogP contribution in [-0.2, 0) is 17.4 Å². The van der Waals surface area contributed by atoms with Gasteiger partial charge in [-0.05, 0) is 25.0 Å². The number of nitrogens with zero attached hydrogens (tertiary/aromatic N) is 2. The zero-order valence-electron chi connectivity index (χ0n) is 12.2. The van der Waals surface area contributed by atoms with Gasteiger partial charge in [0, 0.05) is 25.9 Å². The van der Waals surface area contributed by atoms with Crippen LogP contribution in [0.1, 0.15) is 30.7 Å². The number of amides is 1. The van der Waals surface area contributed by atoms with Gasteiger partial charge in [0.05, 0.1) is 21.6 Å². The first kappa shape index (κ1) is 16.1. The van der Waals surface area contributed by atoms with E-state index in [4.69, 9.17) is 11.6 Å². The largest absolute Gasteiger partial charge is 0.417 e. The molecule has 23 heavy (non-hydrogen) atoms. The van der Waals surface area contributed by atoms with E-state index >= 15 is 0 Å². The molecule has 1 N–H and O–H groups in total. The van der Waals surface area contributed by atoms with E-state index in [9.17, 15) is 18.0 Å². The molecule has 4 nitrogen and oxygen atoms in total. The van der Waals surface area contributed by atoms with Crippen molar-refractivity contribution >= 4 is 28.5 Å². The highest BCUT2D eigenvalue weighted by atomic mass is 35.5. The zero-order chi connectivity index (χ0) is 16.6. The predicted octanol–water partition coefficient (Wildman–Crippen LogP) is 3.79. The molecule has 2 aromatic rings. The molecule has 8 heteroatoms. The molecule has 3 rings (SSSR count). The summed E-state index contributed by atoms with van der Waals surface area (Å²) in [5.74, 6) is 0.542. The number of carbonyl (C=O) groups excluding carboxylic acids is 1. The summed E-state index contributed by atoms with van der Waals surface area (Å²) in [6, 6.07) is 2.15. The lowest BCUT2D eigenvalue weighted by atomic mass is 10.2. The summed E-state index contributed by atoms with van der Waals surface area (Å²) in [4.78, 5) is 20.9. The minimum atomic E-state index is -4.51. The van der Waals surface area contributed by atoms with Crippen LogP contribution in [0, 0.1) is 0 Å². The molecular weight excluding hydrogens is 331 g/mol. The summed E-state index contributed by atoms with van der Waals surface area (Å²) in [5.41, 5.74) is -0.257. The Balaban J connectivity index is 1.76. The summed E-state index contributed by atoms with van der Waals surface area (Å²) in [6.07, 6.45) is -1.81. The van der Waals surface area contributed by atoms with Crippen molar-refractivity contribution in [3.63, 3.8) is 0 Å². The Hall–Kier alpha value is -1.76. The molecule has 0 aliphatic carbocycles. The van der Waals surface area contributed by atoms with Gasteiger partial charge in [-0.1, -0.05) is 11.6 Å². The lowest BCUT2D eigenvalue weighted by molar-refractivity contribution is -0.137. The maximum absolute atomic E-state index is 12.8. The molecule has 124 valence electrons. The fourth-order valence-electron chi connectivity index (χ4n) is 2.77. The van der Waals surface area contributed by atoms with Gasteiger partial charge in [0.25, 0.3) is 0 Å². The van der Waals surface area contributed by atoms with E-state index in [1.165, 1.54) is 6.07 Å². The number of hydrogen-bond donors (Lipinski definition) is 1. The summed E-state index contributed by atoms with van der Waals surface area (Å²) in [6.45, 7) is 1.56. The van der Waals surface area contributed by atoms with Gasteiger partial charge >= 0.3 is 6.18 Å². The Bertz CT molecular complexity index is 735. The molecule has 0 atom stereocenters. The van der Waals surface area contributed by atoms with Gasteiger partial charge in [0.1, 0.15) is 5.82 Å². The normalized spacial score (nSPS) is 15.6. The van der Waals surface area contributed by atoms with Gasteiger partial charge in [0.2, 0.25) is 5.91 Å². The van der Waals surface area contributed by atoms with E-state index in [1.54, 1.807) is 4.90 Å². The molecule has 1 aromatic heterocycles. The van der Waals surface area contributed by atoms with Crippen LogP contribution in [0.5, 0.6) is 0 Å². The smallest absolute Gasteiger partial charge is 0.343 e. The zero-order valence-corrected chi connectivity index (χ0v) is 13.0. The third-order valence-electron chi connectivity index (χ3n) is 3.96. The summed E-state index contributed by atoms with van der Waals surface area (Å²) >= 11 is 5.68. The van der Waals surface area contributed by atoms with Crippen LogP contribution >= 0.6 is 11.6 Å². The second-order valence-corrected chi connectivity index (χ2v) is 6.03. The first-order chi connectivity index (χ1) is 10.8. The topological polar surface area (TPSA) is 49.0 Å². The Morgan fingerprint density at radius 2 is 2.00 bits per heavy atom. The molecule has 0 unspecified atom stereocenters. The third kappa shape index (κ3) is 3.44. The number of aromatic amines is 1. The van der Waals surface area contributed by atoms with E-state index in [1.807, 2.05) is 0 Å². The van der Waals surface area contributed by atoms with Gasteiger partial charge in [-0.25, -0.2) is 4.98 Å². The van der Waals surface area contributed by atoms with Gasteiger partial charge < -0.3 is 9.88 Å². The van der Waals surface area contributed by atoms with Gasteiger partial charge in [-0.2, -0.15) is 13.2 Å². The number of rotatable bonds is 3. The molecule has 0 saturated carbocycles. The maximum atomic E-state index is 12.8. The number of fused-ring (bicyclic) bond motifs is 1. The minimum Gasteiger partial charge on any atom is -0.343 e. The van der Waals surface area contributed by atoms with Crippen LogP contribution in [0.15, 0.2) is 12.1 Å². The SMILES string of the molecule is O=C(CCc1nc2cc(Cl)c(C(F)(F)F)cc2[nH]1)N1CCCC1. The number of halogens is 4. The second kappa shape index (κ2) is 6.03. The van der Waals surface area contributed by atoms with Crippen molar-refractivity contribution < 1.29 is 18.0 Å². The van der Waals surface area contributed by atoms with Crippen molar-refractivity contribution in [3.8, 4) is 0 Å². The van der Waals surface area contributed by atoms with Gasteiger partial charge in [-0.3, -0.25) is 4.79 Å². The standard InChI is InChI=1S/C15H15ClF3N3O/c16-10-8-12-11(7-9(10)15(17,18)19)20-13(21-12)3-4-14(23)22-5-1-2-6-22/h7-8H,1-6H2,(H,20,21). The highest BCUT2D eigenvalue weighted by Crippen LogP contribution is 2.36. The van der Waals surface area contributed by atoms with E-state index in [0.717, 1.165) is 32.0 Å². The minimum absolute atomic E-state index is 0.0527. The van der Waals surface area contributed by atoms with Crippen LogP contribution in [0.2, 0.25) is 5.02 Å². The molecule has 1 fully saturated rings. The van der Waals surface area contributed by atoms with Crippen molar-refractivity contribution in [2.75, 3.05) is 13.1 Å². The average molecular weight is 346 g/mol. The van der Waals surface area contributed by atoms with Crippen molar-refractivity contribution in [2.45, 2.75) is 31.9 Å². The maximum Gasteiger partial charge on any atom is 0.417 e. The second-order valence-electron chi connectivity index (χ2n) is 5.62. The summed E-state index contributed by atoms with van der Waals surface area (Å²) in [7, 11) is 0. The number of imidazole rings is 1. The Morgan fingerprint density at radius 1 is 1.30 bits per heavy atom. The van der Waals surface area contributed by atoms with E-state index < -0.39 is 11.7 Å². The fourth-order valence-corrected chi connectivity index (χ4v) is 3.03. The van der Waals surface area contributed by atoms with Crippen LogP contribution in [0.4, 0.5) is 13.2 Å². The predicted molar refractivity (Wildman–Crippen MR) is 80.2 cm³/mol. The Kier molecular flexibility index (Phi) is 4.23. The highest BCUT2D eigenvalue weighted by Gasteiger charge is 2.33. The number of hydrogen-bond acceptors (Lipinski definition) is 2. The number of carbonyl (C=O) groups is 1.